The van der Waals surface area contributed by atoms with Crippen LogP contribution in [0.25, 0.3) is 11.3 Å². The van der Waals surface area contributed by atoms with Crippen molar-refractivity contribution in [2.24, 2.45) is 0 Å². The molecular formula is C27H27FN6O2. The molecule has 0 radical (unpaired) electrons. The molecule has 2 amide bonds. The van der Waals surface area contributed by atoms with Crippen molar-refractivity contribution in [3.05, 3.63) is 83.2 Å². The third kappa shape index (κ3) is 6.23. The summed E-state index contributed by atoms with van der Waals surface area (Å²) < 4.78 is 13.5. The number of nitrogens with one attached hydrogen (secondary N) is 3. The van der Waals surface area contributed by atoms with Gasteiger partial charge in [-0.1, -0.05) is 30.3 Å². The summed E-state index contributed by atoms with van der Waals surface area (Å²) in [5, 5.41) is 18.5. The number of nitrogens with zero attached hydrogens (tertiary/aromatic N) is 3. The molecule has 1 fully saturated rings. The summed E-state index contributed by atoms with van der Waals surface area (Å²) >= 11 is 0. The summed E-state index contributed by atoms with van der Waals surface area (Å²) in [5.41, 5.74) is 2.84. The number of anilines is 1. The summed E-state index contributed by atoms with van der Waals surface area (Å²) in [5.74, 6) is -0.358. The molecule has 9 heteroatoms. The number of carbonyl (C=O) groups is 2. The highest BCUT2D eigenvalue weighted by molar-refractivity contribution is 5.99. The molecule has 0 spiro atoms. The van der Waals surface area contributed by atoms with Crippen LogP contribution in [0.15, 0.2) is 60.7 Å². The van der Waals surface area contributed by atoms with Gasteiger partial charge < -0.3 is 16.0 Å². The molecule has 4 rings (SSSR count). The third-order valence-electron chi connectivity index (χ3n) is 5.88. The van der Waals surface area contributed by atoms with Crippen LogP contribution in [0.5, 0.6) is 0 Å². The first-order chi connectivity index (χ1) is 17.4. The molecule has 36 heavy (non-hydrogen) atoms. The lowest BCUT2D eigenvalue weighted by Gasteiger charge is -2.30. The summed E-state index contributed by atoms with van der Waals surface area (Å²) in [6, 6.07) is 18.8. The first-order valence-corrected chi connectivity index (χ1v) is 11.7. The molecule has 1 atom stereocenters. The van der Waals surface area contributed by atoms with Gasteiger partial charge in [0.05, 0.1) is 35.5 Å². The number of aromatic nitrogens is 1. The number of hydrogen-bond acceptors (Lipinski definition) is 6. The summed E-state index contributed by atoms with van der Waals surface area (Å²) in [7, 11) is 1.86. The second-order valence-electron chi connectivity index (χ2n) is 8.73. The highest BCUT2D eigenvalue weighted by Crippen LogP contribution is 2.25. The van der Waals surface area contributed by atoms with Gasteiger partial charge in [-0.2, -0.15) is 5.26 Å². The fourth-order valence-corrected chi connectivity index (χ4v) is 4.18. The number of hydrogen-bond donors (Lipinski definition) is 3. The lowest BCUT2D eigenvalue weighted by atomic mass is 10.0. The molecule has 184 valence electrons. The Morgan fingerprint density at radius 2 is 2.06 bits per heavy atom. The van der Waals surface area contributed by atoms with Crippen molar-refractivity contribution >= 4 is 17.6 Å². The molecule has 0 unspecified atom stereocenters. The summed E-state index contributed by atoms with van der Waals surface area (Å²) in [4.78, 5) is 31.5. The predicted molar refractivity (Wildman–Crippen MR) is 135 cm³/mol. The molecule has 1 saturated heterocycles. The molecule has 0 bridgehead atoms. The zero-order valence-electron chi connectivity index (χ0n) is 19.9. The van der Waals surface area contributed by atoms with Crippen LogP contribution in [0.1, 0.15) is 21.5 Å². The molecule has 0 aliphatic carbocycles. The van der Waals surface area contributed by atoms with Gasteiger partial charge in [0.25, 0.3) is 5.91 Å². The van der Waals surface area contributed by atoms with Gasteiger partial charge in [-0.15, -0.1) is 0 Å². The Morgan fingerprint density at radius 3 is 2.83 bits per heavy atom. The van der Waals surface area contributed by atoms with E-state index < -0.39 is 0 Å². The second kappa shape index (κ2) is 11.4. The fraction of sp³-hybridized carbons (Fsp3) is 0.259. The Morgan fingerprint density at radius 1 is 1.22 bits per heavy atom. The van der Waals surface area contributed by atoms with Gasteiger partial charge in [-0.05, 0) is 49.4 Å². The van der Waals surface area contributed by atoms with Crippen LogP contribution in [-0.4, -0.2) is 61.0 Å². The average molecular weight is 487 g/mol. The van der Waals surface area contributed by atoms with Gasteiger partial charge in [-0.25, -0.2) is 9.37 Å². The zero-order valence-corrected chi connectivity index (χ0v) is 19.9. The third-order valence-corrected chi connectivity index (χ3v) is 5.88. The van der Waals surface area contributed by atoms with Gasteiger partial charge in [0.15, 0.2) is 0 Å². The number of halogens is 1. The zero-order chi connectivity index (χ0) is 25.5. The van der Waals surface area contributed by atoms with E-state index in [4.69, 9.17) is 0 Å². The minimum atomic E-state index is -0.335. The predicted octanol–water partition coefficient (Wildman–Crippen LogP) is 2.57. The average Bonchev–Trinajstić information content (AvgIpc) is 2.87. The Kier molecular flexibility index (Phi) is 7.88. The Hall–Kier alpha value is -4.29. The van der Waals surface area contributed by atoms with Crippen LogP contribution in [0.3, 0.4) is 0 Å². The maximum Gasteiger partial charge on any atom is 0.255 e. The van der Waals surface area contributed by atoms with E-state index >= 15 is 0 Å². The van der Waals surface area contributed by atoms with Crippen LogP contribution >= 0.6 is 0 Å². The Bertz CT molecular complexity index is 1310. The first kappa shape index (κ1) is 24.8. The van der Waals surface area contributed by atoms with E-state index in [0.717, 1.165) is 5.56 Å². The van der Waals surface area contributed by atoms with Crippen LogP contribution < -0.4 is 16.0 Å². The van der Waals surface area contributed by atoms with Gasteiger partial charge >= 0.3 is 0 Å². The molecule has 1 aliphatic rings. The number of benzene rings is 2. The highest BCUT2D eigenvalue weighted by Gasteiger charge is 2.23. The monoisotopic (exact) mass is 486 g/mol. The molecule has 2 aromatic carbocycles. The van der Waals surface area contributed by atoms with Gasteiger partial charge in [0.2, 0.25) is 5.91 Å². The van der Waals surface area contributed by atoms with Crippen molar-refractivity contribution in [1.29, 1.82) is 5.26 Å². The normalized spacial score (nSPS) is 15.6. The van der Waals surface area contributed by atoms with Gasteiger partial charge in [-0.3, -0.25) is 14.5 Å². The second-order valence-corrected chi connectivity index (χ2v) is 8.73. The van der Waals surface area contributed by atoms with Gasteiger partial charge in [0, 0.05) is 25.2 Å². The van der Waals surface area contributed by atoms with E-state index in [1.54, 1.807) is 36.4 Å². The maximum absolute atomic E-state index is 13.5. The minimum Gasteiger partial charge on any atom is -0.369 e. The van der Waals surface area contributed by atoms with Crippen molar-refractivity contribution < 1.29 is 14.0 Å². The van der Waals surface area contributed by atoms with E-state index in [1.165, 1.54) is 12.1 Å². The Balaban J connectivity index is 1.54. The quantitative estimate of drug-likeness (QED) is 0.452. The SMILES string of the molecule is CN1CC(=O)N[C@@H](CNC(=O)c2ccc(-c3ccccc3C#N)nc2NCCc2cccc(F)c2)C1. The molecular weight excluding hydrogens is 459 g/mol. The van der Waals surface area contributed by atoms with E-state index in [1.807, 2.05) is 24.1 Å². The topological polar surface area (TPSA) is 110 Å². The van der Waals surface area contributed by atoms with Crippen LogP contribution in [0.2, 0.25) is 0 Å². The minimum absolute atomic E-state index is 0.0788. The summed E-state index contributed by atoms with van der Waals surface area (Å²) in [6.45, 7) is 1.66. The highest BCUT2D eigenvalue weighted by atomic mass is 19.1. The number of pyridine rings is 1. The number of rotatable bonds is 8. The lowest BCUT2D eigenvalue weighted by Crippen LogP contribution is -2.56. The molecule has 1 aliphatic heterocycles. The van der Waals surface area contributed by atoms with Crippen molar-refractivity contribution in [3.8, 4) is 17.3 Å². The van der Waals surface area contributed by atoms with Crippen molar-refractivity contribution in [2.45, 2.75) is 12.5 Å². The van der Waals surface area contributed by atoms with Crippen molar-refractivity contribution in [3.63, 3.8) is 0 Å². The van der Waals surface area contributed by atoms with Crippen molar-refractivity contribution in [1.82, 2.24) is 20.5 Å². The van der Waals surface area contributed by atoms with E-state index in [9.17, 15) is 19.2 Å². The molecule has 1 aromatic heterocycles. The lowest BCUT2D eigenvalue weighted by molar-refractivity contribution is -0.124. The smallest absolute Gasteiger partial charge is 0.255 e. The van der Waals surface area contributed by atoms with E-state index in [-0.39, 0.29) is 30.2 Å². The first-order valence-electron chi connectivity index (χ1n) is 11.7. The largest absolute Gasteiger partial charge is 0.369 e. The Labute approximate surface area is 209 Å². The molecule has 3 N–H and O–H groups in total. The standard InChI is InChI=1S/C27H27FN6O2/c1-34-16-21(32-25(35)17-34)15-31-27(36)23-9-10-24(22-8-3-2-6-19(22)14-29)33-26(23)30-12-11-18-5-4-7-20(28)13-18/h2-10,13,21H,11-12,15-17H2,1H3,(H,30,33)(H,31,36)(H,32,35)/t21-/m0/s1. The molecule has 2 heterocycles. The number of amides is 2. The maximum atomic E-state index is 13.5. The number of likely N-dealkylation sites (N-methyl/N-ethyl adjacent to an activating group) is 1. The number of nitriles is 1. The van der Waals surface area contributed by atoms with Crippen LogP contribution in [0, 0.1) is 17.1 Å². The fourth-order valence-electron chi connectivity index (χ4n) is 4.18. The molecule has 3 aromatic rings. The number of piperazine rings is 1. The molecule has 0 saturated carbocycles. The van der Waals surface area contributed by atoms with E-state index in [2.05, 4.69) is 27.0 Å². The summed E-state index contributed by atoms with van der Waals surface area (Å²) in [6.07, 6.45) is 0.528. The van der Waals surface area contributed by atoms with E-state index in [0.29, 0.717) is 54.3 Å². The van der Waals surface area contributed by atoms with Crippen LogP contribution in [-0.2, 0) is 11.2 Å². The van der Waals surface area contributed by atoms with Crippen LogP contribution in [0.4, 0.5) is 10.2 Å². The molecule has 8 nitrogen and oxygen atoms in total. The number of carbonyl (C=O) groups excluding carboxylic acids is 2. The van der Waals surface area contributed by atoms with Crippen molar-refractivity contribution in [2.75, 3.05) is 38.5 Å². The van der Waals surface area contributed by atoms with Gasteiger partial charge in [0.1, 0.15) is 11.6 Å².